The highest BCUT2D eigenvalue weighted by atomic mass is 16.7. The number of nitrogens with zero attached hydrogens (tertiary/aromatic N) is 3. The summed E-state index contributed by atoms with van der Waals surface area (Å²) in [5.41, 5.74) is 0.961. The van der Waals surface area contributed by atoms with E-state index in [0.29, 0.717) is 19.2 Å². The first-order valence-corrected chi connectivity index (χ1v) is 7.09. The Morgan fingerprint density at radius 1 is 1.53 bits per heavy atom. The van der Waals surface area contributed by atoms with Crippen molar-refractivity contribution in [3.05, 3.63) is 11.9 Å². The van der Waals surface area contributed by atoms with Crippen LogP contribution < -0.4 is 5.32 Å². The summed E-state index contributed by atoms with van der Waals surface area (Å²) in [6.45, 7) is 7.13. The van der Waals surface area contributed by atoms with Crippen LogP contribution in [0.2, 0.25) is 0 Å². The minimum absolute atomic E-state index is 0.0284. The maximum absolute atomic E-state index is 5.67. The molecule has 0 bridgehead atoms. The van der Waals surface area contributed by atoms with E-state index >= 15 is 0 Å². The van der Waals surface area contributed by atoms with Gasteiger partial charge in [-0.25, -0.2) is 4.68 Å². The lowest BCUT2D eigenvalue weighted by Gasteiger charge is -2.22. The van der Waals surface area contributed by atoms with Crippen LogP contribution in [-0.2, 0) is 22.6 Å². The van der Waals surface area contributed by atoms with Gasteiger partial charge in [0.05, 0.1) is 18.8 Å². The summed E-state index contributed by atoms with van der Waals surface area (Å²) in [6.07, 6.45) is 5.27. The van der Waals surface area contributed by atoms with Crippen molar-refractivity contribution in [1.29, 1.82) is 0 Å². The zero-order valence-corrected chi connectivity index (χ0v) is 11.8. The standard InChI is InChI=1S/C13H24N4O2/c1-11(2)14-9-12-10-17(16-15-12)6-8-19-13-5-3-4-7-18-13/h10-11,13-14H,3-9H2,1-2H3. The van der Waals surface area contributed by atoms with E-state index in [0.717, 1.165) is 31.7 Å². The fourth-order valence-corrected chi connectivity index (χ4v) is 1.96. The minimum Gasteiger partial charge on any atom is -0.353 e. The number of aromatic nitrogens is 3. The van der Waals surface area contributed by atoms with Gasteiger partial charge in [-0.15, -0.1) is 5.10 Å². The van der Waals surface area contributed by atoms with Crippen molar-refractivity contribution >= 4 is 0 Å². The summed E-state index contributed by atoms with van der Waals surface area (Å²) in [7, 11) is 0. The van der Waals surface area contributed by atoms with Gasteiger partial charge < -0.3 is 14.8 Å². The first-order chi connectivity index (χ1) is 9.24. The number of hydrogen-bond donors (Lipinski definition) is 1. The Morgan fingerprint density at radius 3 is 3.16 bits per heavy atom. The highest BCUT2D eigenvalue weighted by Gasteiger charge is 2.13. The Balaban J connectivity index is 1.65. The lowest BCUT2D eigenvalue weighted by Crippen LogP contribution is -2.24. The highest BCUT2D eigenvalue weighted by molar-refractivity contribution is 4.91. The molecule has 0 radical (unpaired) electrons. The SMILES string of the molecule is CC(C)NCc1cn(CCOC2CCCCO2)nn1. The predicted octanol–water partition coefficient (Wildman–Crippen LogP) is 1.32. The van der Waals surface area contributed by atoms with Crippen LogP contribution in [0.3, 0.4) is 0 Å². The van der Waals surface area contributed by atoms with Gasteiger partial charge in [0.1, 0.15) is 0 Å². The number of nitrogens with one attached hydrogen (secondary N) is 1. The topological polar surface area (TPSA) is 61.2 Å². The highest BCUT2D eigenvalue weighted by Crippen LogP contribution is 2.13. The Labute approximate surface area is 114 Å². The Morgan fingerprint density at radius 2 is 2.42 bits per heavy atom. The smallest absolute Gasteiger partial charge is 0.157 e. The van der Waals surface area contributed by atoms with Crippen LogP contribution in [0.5, 0.6) is 0 Å². The third-order valence-electron chi connectivity index (χ3n) is 3.04. The molecule has 19 heavy (non-hydrogen) atoms. The van der Waals surface area contributed by atoms with Crippen molar-refractivity contribution in [2.45, 2.75) is 58.5 Å². The monoisotopic (exact) mass is 268 g/mol. The van der Waals surface area contributed by atoms with Crippen molar-refractivity contribution in [1.82, 2.24) is 20.3 Å². The van der Waals surface area contributed by atoms with Crippen molar-refractivity contribution in [3.8, 4) is 0 Å². The second kappa shape index (κ2) is 7.57. The van der Waals surface area contributed by atoms with E-state index in [9.17, 15) is 0 Å². The van der Waals surface area contributed by atoms with Crippen LogP contribution in [0.1, 0.15) is 38.8 Å². The Hall–Kier alpha value is -0.980. The van der Waals surface area contributed by atoms with E-state index in [2.05, 4.69) is 29.5 Å². The van der Waals surface area contributed by atoms with Gasteiger partial charge in [-0.1, -0.05) is 19.1 Å². The zero-order chi connectivity index (χ0) is 13.5. The van der Waals surface area contributed by atoms with Crippen molar-refractivity contribution in [2.24, 2.45) is 0 Å². The summed E-state index contributed by atoms with van der Waals surface area (Å²) in [4.78, 5) is 0. The summed E-state index contributed by atoms with van der Waals surface area (Å²) in [5.74, 6) is 0. The summed E-state index contributed by atoms with van der Waals surface area (Å²) < 4.78 is 13.0. The third-order valence-corrected chi connectivity index (χ3v) is 3.04. The van der Waals surface area contributed by atoms with E-state index in [1.807, 2.05) is 10.9 Å². The Bertz CT molecular complexity index is 361. The lowest BCUT2D eigenvalue weighted by molar-refractivity contribution is -0.163. The molecule has 108 valence electrons. The molecule has 0 aromatic carbocycles. The summed E-state index contributed by atoms with van der Waals surface area (Å²) in [5, 5.41) is 11.5. The van der Waals surface area contributed by atoms with Gasteiger partial charge in [0.2, 0.25) is 0 Å². The molecule has 1 unspecified atom stereocenters. The molecule has 2 rings (SSSR count). The van der Waals surface area contributed by atoms with Crippen LogP contribution in [0.15, 0.2) is 6.20 Å². The quantitative estimate of drug-likeness (QED) is 0.808. The molecule has 1 aromatic rings. The minimum atomic E-state index is -0.0284. The lowest BCUT2D eigenvalue weighted by atomic mass is 10.2. The van der Waals surface area contributed by atoms with Crippen molar-refractivity contribution < 1.29 is 9.47 Å². The van der Waals surface area contributed by atoms with E-state index in [4.69, 9.17) is 9.47 Å². The molecule has 0 amide bonds. The van der Waals surface area contributed by atoms with Crippen molar-refractivity contribution in [2.75, 3.05) is 13.2 Å². The molecule has 1 atom stereocenters. The molecule has 2 heterocycles. The molecule has 1 aliphatic rings. The largest absolute Gasteiger partial charge is 0.353 e. The predicted molar refractivity (Wildman–Crippen MR) is 71.5 cm³/mol. The van der Waals surface area contributed by atoms with Gasteiger partial charge in [-0.05, 0) is 19.3 Å². The molecule has 1 fully saturated rings. The molecule has 1 aromatic heterocycles. The molecule has 0 aliphatic carbocycles. The molecule has 1 aliphatic heterocycles. The van der Waals surface area contributed by atoms with Gasteiger partial charge in [-0.2, -0.15) is 0 Å². The van der Waals surface area contributed by atoms with Crippen LogP contribution >= 0.6 is 0 Å². The first kappa shape index (κ1) is 14.4. The third kappa shape index (κ3) is 5.26. The van der Waals surface area contributed by atoms with Crippen LogP contribution in [0.4, 0.5) is 0 Å². The number of hydrogen-bond acceptors (Lipinski definition) is 5. The van der Waals surface area contributed by atoms with Gasteiger partial charge in [0.25, 0.3) is 0 Å². The second-order valence-electron chi connectivity index (χ2n) is 5.18. The Kier molecular flexibility index (Phi) is 5.75. The van der Waals surface area contributed by atoms with Crippen LogP contribution in [0.25, 0.3) is 0 Å². The maximum Gasteiger partial charge on any atom is 0.157 e. The average Bonchev–Trinajstić information content (AvgIpc) is 2.86. The fraction of sp³-hybridized carbons (Fsp3) is 0.846. The molecule has 0 spiro atoms. The molecule has 0 saturated carbocycles. The van der Waals surface area contributed by atoms with E-state index < -0.39 is 0 Å². The fourth-order valence-electron chi connectivity index (χ4n) is 1.96. The van der Waals surface area contributed by atoms with Gasteiger partial charge in [0, 0.05) is 25.4 Å². The summed E-state index contributed by atoms with van der Waals surface area (Å²) >= 11 is 0. The molecular formula is C13H24N4O2. The number of rotatable bonds is 7. The van der Waals surface area contributed by atoms with Crippen molar-refractivity contribution in [3.63, 3.8) is 0 Å². The molecule has 6 heteroatoms. The molecule has 1 saturated heterocycles. The number of ether oxygens (including phenoxy) is 2. The molecule has 6 nitrogen and oxygen atoms in total. The van der Waals surface area contributed by atoms with Gasteiger partial charge in [0.15, 0.2) is 6.29 Å². The van der Waals surface area contributed by atoms with E-state index in [-0.39, 0.29) is 6.29 Å². The van der Waals surface area contributed by atoms with Gasteiger partial charge in [-0.3, -0.25) is 0 Å². The molecule has 1 N–H and O–H groups in total. The van der Waals surface area contributed by atoms with E-state index in [1.165, 1.54) is 6.42 Å². The van der Waals surface area contributed by atoms with Crippen LogP contribution in [0, 0.1) is 0 Å². The van der Waals surface area contributed by atoms with Crippen LogP contribution in [-0.4, -0.2) is 40.5 Å². The maximum atomic E-state index is 5.67. The molecular weight excluding hydrogens is 244 g/mol. The normalized spacial score (nSPS) is 20.1. The summed E-state index contributed by atoms with van der Waals surface area (Å²) in [6, 6.07) is 0.455. The van der Waals surface area contributed by atoms with E-state index in [1.54, 1.807) is 0 Å². The average molecular weight is 268 g/mol. The zero-order valence-electron chi connectivity index (χ0n) is 11.8. The second-order valence-corrected chi connectivity index (χ2v) is 5.18. The van der Waals surface area contributed by atoms with Gasteiger partial charge >= 0.3 is 0 Å². The first-order valence-electron chi connectivity index (χ1n) is 7.09.